The van der Waals surface area contributed by atoms with E-state index in [9.17, 15) is 9.90 Å². The van der Waals surface area contributed by atoms with Gasteiger partial charge in [-0.15, -0.1) is 11.3 Å². The van der Waals surface area contributed by atoms with E-state index in [0.717, 1.165) is 16.5 Å². The summed E-state index contributed by atoms with van der Waals surface area (Å²) >= 11 is 1.36. The van der Waals surface area contributed by atoms with Crippen LogP contribution in [-0.2, 0) is 0 Å². The van der Waals surface area contributed by atoms with E-state index in [0.29, 0.717) is 5.13 Å². The molecule has 0 saturated heterocycles. The number of carbonyl (C=O) groups excluding carboxylic acids is 1. The molecule has 100 valence electrons. The standard InChI is InChI=1S/C15H12N2O2S/c1-9-8-20-15(16-9)17-14(19)12-6-10-4-2-3-5-11(10)7-13(12)18/h2-8,18H,1H3,(H,16,17,19). The third-order valence-corrected chi connectivity index (χ3v) is 3.82. The second-order valence-electron chi connectivity index (χ2n) is 4.46. The molecule has 1 heterocycles. The fourth-order valence-corrected chi connectivity index (χ4v) is 2.67. The van der Waals surface area contributed by atoms with Gasteiger partial charge in [-0.2, -0.15) is 0 Å². The van der Waals surface area contributed by atoms with Crippen LogP contribution in [0.15, 0.2) is 41.8 Å². The number of hydrogen-bond acceptors (Lipinski definition) is 4. The van der Waals surface area contributed by atoms with Gasteiger partial charge in [-0.05, 0) is 29.8 Å². The summed E-state index contributed by atoms with van der Waals surface area (Å²) in [5.41, 5.74) is 1.10. The van der Waals surface area contributed by atoms with Gasteiger partial charge >= 0.3 is 0 Å². The smallest absolute Gasteiger partial charge is 0.261 e. The topological polar surface area (TPSA) is 62.2 Å². The van der Waals surface area contributed by atoms with Crippen LogP contribution in [0.3, 0.4) is 0 Å². The van der Waals surface area contributed by atoms with Crippen molar-refractivity contribution in [3.8, 4) is 5.75 Å². The number of amides is 1. The summed E-state index contributed by atoms with van der Waals surface area (Å²) in [4.78, 5) is 16.4. The first-order valence-corrected chi connectivity index (χ1v) is 6.97. The van der Waals surface area contributed by atoms with Crippen LogP contribution in [-0.4, -0.2) is 16.0 Å². The van der Waals surface area contributed by atoms with Gasteiger partial charge in [0.15, 0.2) is 5.13 Å². The number of fused-ring (bicyclic) bond motifs is 1. The Kier molecular flexibility index (Phi) is 3.12. The summed E-state index contributed by atoms with van der Waals surface area (Å²) in [6, 6.07) is 10.9. The molecule has 20 heavy (non-hydrogen) atoms. The number of phenolic OH excluding ortho intramolecular Hbond substituents is 1. The highest BCUT2D eigenvalue weighted by Gasteiger charge is 2.13. The normalized spacial score (nSPS) is 10.7. The molecule has 2 aromatic carbocycles. The number of rotatable bonds is 2. The van der Waals surface area contributed by atoms with Gasteiger partial charge in [-0.3, -0.25) is 10.1 Å². The third-order valence-electron chi connectivity index (χ3n) is 2.95. The number of aromatic hydroxyl groups is 1. The Labute approximate surface area is 119 Å². The van der Waals surface area contributed by atoms with Gasteiger partial charge in [0.2, 0.25) is 0 Å². The van der Waals surface area contributed by atoms with E-state index in [2.05, 4.69) is 10.3 Å². The third kappa shape index (κ3) is 2.35. The van der Waals surface area contributed by atoms with Crippen LogP contribution >= 0.6 is 11.3 Å². The molecule has 0 aliphatic rings. The monoisotopic (exact) mass is 284 g/mol. The molecule has 0 fully saturated rings. The number of nitrogens with one attached hydrogen (secondary N) is 1. The summed E-state index contributed by atoms with van der Waals surface area (Å²) in [5, 5.41) is 16.9. The van der Waals surface area contributed by atoms with Crippen LogP contribution in [0.2, 0.25) is 0 Å². The van der Waals surface area contributed by atoms with E-state index in [1.165, 1.54) is 11.3 Å². The first-order chi connectivity index (χ1) is 9.63. The molecule has 0 unspecified atom stereocenters. The van der Waals surface area contributed by atoms with Gasteiger partial charge in [0, 0.05) is 5.38 Å². The zero-order chi connectivity index (χ0) is 14.1. The van der Waals surface area contributed by atoms with Crippen LogP contribution in [0.4, 0.5) is 5.13 Å². The Morgan fingerprint density at radius 3 is 2.60 bits per heavy atom. The molecular formula is C15H12N2O2S. The molecule has 1 amide bonds. The quantitative estimate of drug-likeness (QED) is 0.756. The molecule has 0 atom stereocenters. The lowest BCUT2D eigenvalue weighted by Gasteiger charge is -2.06. The number of phenols is 1. The van der Waals surface area contributed by atoms with Crippen molar-refractivity contribution < 1.29 is 9.90 Å². The van der Waals surface area contributed by atoms with Crippen molar-refractivity contribution in [1.29, 1.82) is 0 Å². The number of thiazole rings is 1. The Balaban J connectivity index is 1.96. The fourth-order valence-electron chi connectivity index (χ4n) is 1.99. The van der Waals surface area contributed by atoms with E-state index in [-0.39, 0.29) is 17.2 Å². The number of hydrogen-bond donors (Lipinski definition) is 2. The zero-order valence-corrected chi connectivity index (χ0v) is 11.6. The van der Waals surface area contributed by atoms with Crippen molar-refractivity contribution in [2.75, 3.05) is 5.32 Å². The van der Waals surface area contributed by atoms with E-state index < -0.39 is 0 Å². The Morgan fingerprint density at radius 2 is 1.95 bits per heavy atom. The minimum atomic E-state index is -0.359. The van der Waals surface area contributed by atoms with Crippen molar-refractivity contribution in [3.63, 3.8) is 0 Å². The molecular weight excluding hydrogens is 272 g/mol. The van der Waals surface area contributed by atoms with Crippen molar-refractivity contribution >= 4 is 33.1 Å². The van der Waals surface area contributed by atoms with E-state index in [4.69, 9.17) is 0 Å². The van der Waals surface area contributed by atoms with E-state index in [1.807, 2.05) is 36.6 Å². The highest BCUT2D eigenvalue weighted by atomic mass is 32.1. The average Bonchev–Trinajstić information content (AvgIpc) is 2.83. The second kappa shape index (κ2) is 4.94. The van der Waals surface area contributed by atoms with Crippen LogP contribution in [0, 0.1) is 6.92 Å². The average molecular weight is 284 g/mol. The minimum absolute atomic E-state index is 0.0329. The molecule has 3 aromatic rings. The molecule has 1 aromatic heterocycles. The summed E-state index contributed by atoms with van der Waals surface area (Å²) in [7, 11) is 0. The highest BCUT2D eigenvalue weighted by molar-refractivity contribution is 7.13. The predicted octanol–water partition coefficient (Wildman–Crippen LogP) is 3.56. The Bertz CT molecular complexity index is 795. The first-order valence-electron chi connectivity index (χ1n) is 6.09. The fraction of sp³-hybridized carbons (Fsp3) is 0.0667. The second-order valence-corrected chi connectivity index (χ2v) is 5.32. The molecule has 0 bridgehead atoms. The molecule has 5 heteroatoms. The number of anilines is 1. The van der Waals surface area contributed by atoms with Crippen LogP contribution in [0.1, 0.15) is 16.1 Å². The predicted molar refractivity (Wildman–Crippen MR) is 80.4 cm³/mol. The zero-order valence-electron chi connectivity index (χ0n) is 10.8. The lowest BCUT2D eigenvalue weighted by atomic mass is 10.1. The highest BCUT2D eigenvalue weighted by Crippen LogP contribution is 2.26. The first kappa shape index (κ1) is 12.6. The Hall–Kier alpha value is -2.40. The lowest BCUT2D eigenvalue weighted by Crippen LogP contribution is -2.12. The van der Waals surface area contributed by atoms with Gasteiger partial charge in [0.05, 0.1) is 11.3 Å². The van der Waals surface area contributed by atoms with Crippen LogP contribution in [0.5, 0.6) is 5.75 Å². The lowest BCUT2D eigenvalue weighted by molar-refractivity contribution is 0.102. The molecule has 0 spiro atoms. The maximum Gasteiger partial charge on any atom is 0.261 e. The maximum atomic E-state index is 12.2. The Morgan fingerprint density at radius 1 is 1.25 bits per heavy atom. The number of carbonyl (C=O) groups is 1. The maximum absolute atomic E-state index is 12.2. The van der Waals surface area contributed by atoms with Crippen LogP contribution in [0.25, 0.3) is 10.8 Å². The molecule has 4 nitrogen and oxygen atoms in total. The number of nitrogens with zero attached hydrogens (tertiary/aromatic N) is 1. The molecule has 3 rings (SSSR count). The van der Waals surface area contributed by atoms with E-state index >= 15 is 0 Å². The van der Waals surface area contributed by atoms with Gasteiger partial charge in [0.1, 0.15) is 5.75 Å². The van der Waals surface area contributed by atoms with Crippen molar-refractivity contribution in [2.24, 2.45) is 0 Å². The summed E-state index contributed by atoms with van der Waals surface area (Å²) in [6.45, 7) is 1.86. The van der Waals surface area contributed by atoms with Crippen molar-refractivity contribution in [3.05, 3.63) is 53.0 Å². The SMILES string of the molecule is Cc1csc(NC(=O)c2cc3ccccc3cc2O)n1. The molecule has 0 radical (unpaired) electrons. The molecule has 2 N–H and O–H groups in total. The molecule has 0 aliphatic carbocycles. The largest absolute Gasteiger partial charge is 0.507 e. The van der Waals surface area contributed by atoms with Gasteiger partial charge < -0.3 is 5.11 Å². The van der Waals surface area contributed by atoms with Crippen LogP contribution < -0.4 is 5.32 Å². The van der Waals surface area contributed by atoms with Gasteiger partial charge in [-0.25, -0.2) is 4.98 Å². The number of benzene rings is 2. The summed E-state index contributed by atoms with van der Waals surface area (Å²) < 4.78 is 0. The molecule has 0 aliphatic heterocycles. The minimum Gasteiger partial charge on any atom is -0.507 e. The summed E-state index contributed by atoms with van der Waals surface area (Å²) in [5.74, 6) is -0.392. The molecule has 0 saturated carbocycles. The van der Waals surface area contributed by atoms with Gasteiger partial charge in [-0.1, -0.05) is 24.3 Å². The summed E-state index contributed by atoms with van der Waals surface area (Å²) in [6.07, 6.45) is 0. The van der Waals surface area contributed by atoms with Gasteiger partial charge in [0.25, 0.3) is 5.91 Å². The van der Waals surface area contributed by atoms with E-state index in [1.54, 1.807) is 12.1 Å². The number of aryl methyl sites for hydroxylation is 1. The van der Waals surface area contributed by atoms with Crippen molar-refractivity contribution in [2.45, 2.75) is 6.92 Å². The van der Waals surface area contributed by atoms with Crippen molar-refractivity contribution in [1.82, 2.24) is 4.98 Å². The number of aromatic nitrogens is 1.